The molecule has 0 aromatic carbocycles. The number of carboxylic acid groups (broad SMARTS) is 1. The lowest BCUT2D eigenvalue weighted by atomic mass is 10.2. The number of rotatable bonds is 3. The standard InChI is InChI=1S/C12H12N2O3S/c15-9(16)5-4-8-13-11(17)10-6-2-1-3-7(6)18-12(10)14-8/h1-5H2,(H,15,16)(H,13,14,17). The second kappa shape index (κ2) is 4.20. The number of aryl methyl sites for hydroxylation is 3. The van der Waals surface area contributed by atoms with E-state index in [-0.39, 0.29) is 18.4 Å². The molecule has 0 unspecified atom stereocenters. The number of thiophene rings is 1. The van der Waals surface area contributed by atoms with Gasteiger partial charge in [-0.2, -0.15) is 0 Å². The number of fused-ring (bicyclic) bond motifs is 3. The van der Waals surface area contributed by atoms with Gasteiger partial charge in [-0.3, -0.25) is 9.59 Å². The Morgan fingerprint density at radius 1 is 1.44 bits per heavy atom. The summed E-state index contributed by atoms with van der Waals surface area (Å²) in [7, 11) is 0. The van der Waals surface area contributed by atoms with Crippen molar-refractivity contribution in [3.05, 3.63) is 26.6 Å². The highest BCUT2D eigenvalue weighted by Crippen LogP contribution is 2.34. The minimum atomic E-state index is -0.883. The summed E-state index contributed by atoms with van der Waals surface area (Å²) in [4.78, 5) is 31.6. The number of H-pyrrole nitrogens is 1. The van der Waals surface area contributed by atoms with Gasteiger partial charge < -0.3 is 10.1 Å². The van der Waals surface area contributed by atoms with Crippen molar-refractivity contribution >= 4 is 27.5 Å². The van der Waals surface area contributed by atoms with Gasteiger partial charge in [-0.05, 0) is 24.8 Å². The monoisotopic (exact) mass is 264 g/mol. The van der Waals surface area contributed by atoms with Crippen molar-refractivity contribution in [2.24, 2.45) is 0 Å². The Morgan fingerprint density at radius 2 is 2.28 bits per heavy atom. The molecule has 1 aliphatic rings. The van der Waals surface area contributed by atoms with Crippen LogP contribution in [0, 0.1) is 0 Å². The Morgan fingerprint density at radius 3 is 3.06 bits per heavy atom. The molecule has 0 amide bonds. The van der Waals surface area contributed by atoms with Crippen molar-refractivity contribution in [3.8, 4) is 0 Å². The number of carboxylic acids is 1. The first-order chi connectivity index (χ1) is 8.65. The second-order valence-electron chi connectivity index (χ2n) is 4.44. The van der Waals surface area contributed by atoms with Crippen LogP contribution in [0.25, 0.3) is 10.2 Å². The first-order valence-electron chi connectivity index (χ1n) is 5.90. The minimum absolute atomic E-state index is 0.0143. The maximum absolute atomic E-state index is 12.0. The van der Waals surface area contributed by atoms with E-state index in [2.05, 4.69) is 9.97 Å². The van der Waals surface area contributed by atoms with Crippen LogP contribution < -0.4 is 5.56 Å². The molecule has 0 bridgehead atoms. The Kier molecular flexibility index (Phi) is 2.66. The van der Waals surface area contributed by atoms with E-state index in [1.807, 2.05) is 0 Å². The maximum Gasteiger partial charge on any atom is 0.303 e. The average molecular weight is 264 g/mol. The molecule has 0 spiro atoms. The van der Waals surface area contributed by atoms with Crippen LogP contribution in [0.1, 0.15) is 29.1 Å². The van der Waals surface area contributed by atoms with Crippen molar-refractivity contribution in [3.63, 3.8) is 0 Å². The fourth-order valence-electron chi connectivity index (χ4n) is 2.39. The number of carbonyl (C=O) groups is 1. The van der Waals surface area contributed by atoms with Crippen molar-refractivity contribution in [2.45, 2.75) is 32.1 Å². The zero-order valence-corrected chi connectivity index (χ0v) is 10.5. The van der Waals surface area contributed by atoms with Crippen molar-refractivity contribution in [1.29, 1.82) is 0 Å². The summed E-state index contributed by atoms with van der Waals surface area (Å²) in [6, 6.07) is 0. The Labute approximate surface area is 106 Å². The van der Waals surface area contributed by atoms with Crippen LogP contribution in [-0.2, 0) is 24.1 Å². The average Bonchev–Trinajstić information content (AvgIpc) is 2.85. The van der Waals surface area contributed by atoms with Gasteiger partial charge >= 0.3 is 5.97 Å². The highest BCUT2D eigenvalue weighted by Gasteiger charge is 2.21. The number of aromatic nitrogens is 2. The van der Waals surface area contributed by atoms with Crippen molar-refractivity contribution in [1.82, 2.24) is 9.97 Å². The Balaban J connectivity index is 2.06. The van der Waals surface area contributed by atoms with Gasteiger partial charge in [0.1, 0.15) is 10.7 Å². The Bertz CT molecular complexity index is 686. The summed E-state index contributed by atoms with van der Waals surface area (Å²) < 4.78 is 0. The molecule has 1 aliphatic carbocycles. The van der Waals surface area contributed by atoms with Gasteiger partial charge in [-0.25, -0.2) is 4.98 Å². The predicted molar refractivity (Wildman–Crippen MR) is 68.2 cm³/mol. The third-order valence-electron chi connectivity index (χ3n) is 3.20. The first kappa shape index (κ1) is 11.4. The molecule has 0 aliphatic heterocycles. The molecule has 2 heterocycles. The third kappa shape index (κ3) is 1.82. The number of aliphatic carboxylic acids is 1. The number of aromatic amines is 1. The molecular formula is C12H12N2O3S. The highest BCUT2D eigenvalue weighted by atomic mass is 32.1. The quantitative estimate of drug-likeness (QED) is 0.879. The zero-order valence-electron chi connectivity index (χ0n) is 9.65. The summed E-state index contributed by atoms with van der Waals surface area (Å²) in [6.45, 7) is 0. The van der Waals surface area contributed by atoms with Crippen LogP contribution in [0.3, 0.4) is 0 Å². The van der Waals surface area contributed by atoms with Crippen LogP contribution >= 0.6 is 11.3 Å². The van der Waals surface area contributed by atoms with Gasteiger partial charge in [0.05, 0.1) is 11.8 Å². The van der Waals surface area contributed by atoms with Crippen molar-refractivity contribution in [2.75, 3.05) is 0 Å². The van der Waals surface area contributed by atoms with E-state index in [9.17, 15) is 9.59 Å². The molecule has 2 aromatic heterocycles. The molecule has 0 atom stereocenters. The fraction of sp³-hybridized carbons (Fsp3) is 0.417. The lowest BCUT2D eigenvalue weighted by Crippen LogP contribution is -2.13. The third-order valence-corrected chi connectivity index (χ3v) is 4.39. The fourth-order valence-corrected chi connectivity index (χ4v) is 3.67. The molecule has 0 fully saturated rings. The lowest BCUT2D eigenvalue weighted by molar-refractivity contribution is -0.137. The van der Waals surface area contributed by atoms with Gasteiger partial charge in [0.2, 0.25) is 0 Å². The zero-order chi connectivity index (χ0) is 12.7. The molecule has 6 heteroatoms. The van der Waals surface area contributed by atoms with Crippen LogP contribution in [-0.4, -0.2) is 21.0 Å². The molecule has 0 radical (unpaired) electrons. The number of hydrogen-bond acceptors (Lipinski definition) is 4. The predicted octanol–water partition coefficient (Wildman–Crippen LogP) is 1.49. The van der Waals surface area contributed by atoms with E-state index in [4.69, 9.17) is 5.11 Å². The summed E-state index contributed by atoms with van der Waals surface area (Å²) in [5, 5.41) is 9.35. The SMILES string of the molecule is O=C(O)CCc1nc2sc3c(c2c(=O)[nH]1)CCC3. The summed E-state index contributed by atoms with van der Waals surface area (Å²) in [6.07, 6.45) is 3.34. The van der Waals surface area contributed by atoms with E-state index < -0.39 is 5.97 Å². The van der Waals surface area contributed by atoms with Gasteiger partial charge in [-0.15, -0.1) is 11.3 Å². The topological polar surface area (TPSA) is 83.0 Å². The number of nitrogens with one attached hydrogen (secondary N) is 1. The number of nitrogens with zero attached hydrogens (tertiary/aromatic N) is 1. The molecule has 2 aromatic rings. The molecule has 0 saturated carbocycles. The molecule has 2 N–H and O–H groups in total. The van der Waals surface area contributed by atoms with Crippen LogP contribution in [0.15, 0.2) is 4.79 Å². The van der Waals surface area contributed by atoms with Crippen LogP contribution in [0.2, 0.25) is 0 Å². The normalized spacial score (nSPS) is 14.0. The van der Waals surface area contributed by atoms with Gasteiger partial charge in [0.25, 0.3) is 5.56 Å². The molecule has 0 saturated heterocycles. The van der Waals surface area contributed by atoms with E-state index in [1.54, 1.807) is 11.3 Å². The summed E-state index contributed by atoms with van der Waals surface area (Å²) in [5.41, 5.74) is 1.02. The van der Waals surface area contributed by atoms with Crippen molar-refractivity contribution < 1.29 is 9.90 Å². The summed E-state index contributed by atoms with van der Waals surface area (Å²) in [5.74, 6) is -0.416. The molecule has 18 heavy (non-hydrogen) atoms. The maximum atomic E-state index is 12.0. The van der Waals surface area contributed by atoms with E-state index in [0.717, 1.165) is 29.7 Å². The smallest absolute Gasteiger partial charge is 0.303 e. The molecule has 94 valence electrons. The van der Waals surface area contributed by atoms with Gasteiger partial charge in [0.15, 0.2) is 0 Å². The van der Waals surface area contributed by atoms with E-state index in [0.29, 0.717) is 11.2 Å². The molecule has 3 rings (SSSR count). The Hall–Kier alpha value is -1.69. The summed E-state index contributed by atoms with van der Waals surface area (Å²) >= 11 is 1.57. The van der Waals surface area contributed by atoms with Gasteiger partial charge in [-0.1, -0.05) is 0 Å². The first-order valence-corrected chi connectivity index (χ1v) is 6.72. The molecule has 5 nitrogen and oxygen atoms in total. The molecular weight excluding hydrogens is 252 g/mol. The van der Waals surface area contributed by atoms with E-state index >= 15 is 0 Å². The van der Waals surface area contributed by atoms with E-state index in [1.165, 1.54) is 4.88 Å². The highest BCUT2D eigenvalue weighted by molar-refractivity contribution is 7.18. The minimum Gasteiger partial charge on any atom is -0.481 e. The lowest BCUT2D eigenvalue weighted by Gasteiger charge is -1.99. The van der Waals surface area contributed by atoms with Crippen LogP contribution in [0.5, 0.6) is 0 Å². The second-order valence-corrected chi connectivity index (χ2v) is 5.53. The van der Waals surface area contributed by atoms with Crippen LogP contribution in [0.4, 0.5) is 0 Å². The number of hydrogen-bond donors (Lipinski definition) is 2. The van der Waals surface area contributed by atoms with Gasteiger partial charge in [0, 0.05) is 11.3 Å². The largest absolute Gasteiger partial charge is 0.481 e.